The molecule has 2 atom stereocenters. The molecule has 0 radical (unpaired) electrons. The molecule has 24 heavy (non-hydrogen) atoms. The SMILES string of the molecule is C[C@@H]1CN(CCN2CCC[C@H](c3nc4c(s3)CCCC4)C2)CCO1. The zero-order valence-electron chi connectivity index (χ0n) is 15.0. The molecule has 0 spiro atoms. The fourth-order valence-corrected chi connectivity index (χ4v) is 5.66. The van der Waals surface area contributed by atoms with Gasteiger partial charge in [-0.3, -0.25) is 4.90 Å². The van der Waals surface area contributed by atoms with Gasteiger partial charge in [0.25, 0.3) is 0 Å². The zero-order valence-corrected chi connectivity index (χ0v) is 15.8. The molecule has 0 aromatic carbocycles. The third-order valence-corrected chi connectivity index (χ3v) is 7.09. The molecule has 2 aliphatic heterocycles. The number of hydrogen-bond donors (Lipinski definition) is 0. The number of aryl methyl sites for hydroxylation is 2. The summed E-state index contributed by atoms with van der Waals surface area (Å²) in [6.45, 7) is 10.1. The van der Waals surface area contributed by atoms with Crippen molar-refractivity contribution in [1.29, 1.82) is 0 Å². The Hall–Kier alpha value is -0.490. The zero-order chi connectivity index (χ0) is 16.4. The third-order valence-electron chi connectivity index (χ3n) is 5.77. The lowest BCUT2D eigenvalue weighted by molar-refractivity contribution is -0.0212. The molecule has 1 aliphatic carbocycles. The maximum Gasteiger partial charge on any atom is 0.0974 e. The molecule has 0 saturated carbocycles. The van der Waals surface area contributed by atoms with Crippen LogP contribution in [0.25, 0.3) is 0 Å². The first-order chi connectivity index (χ1) is 11.8. The summed E-state index contributed by atoms with van der Waals surface area (Å²) < 4.78 is 5.65. The number of hydrogen-bond acceptors (Lipinski definition) is 5. The van der Waals surface area contributed by atoms with Gasteiger partial charge in [-0.1, -0.05) is 0 Å². The molecule has 134 valence electrons. The van der Waals surface area contributed by atoms with E-state index in [0.29, 0.717) is 12.0 Å². The van der Waals surface area contributed by atoms with Crippen LogP contribution >= 0.6 is 11.3 Å². The highest BCUT2D eigenvalue weighted by atomic mass is 32.1. The van der Waals surface area contributed by atoms with Crippen LogP contribution in [0.3, 0.4) is 0 Å². The van der Waals surface area contributed by atoms with Gasteiger partial charge < -0.3 is 9.64 Å². The monoisotopic (exact) mass is 349 g/mol. The molecule has 4 rings (SSSR count). The first-order valence-electron chi connectivity index (χ1n) is 9.83. The van der Waals surface area contributed by atoms with Crippen LogP contribution in [0.2, 0.25) is 0 Å². The molecule has 0 bridgehead atoms. The molecule has 4 nitrogen and oxygen atoms in total. The Labute approximate surface area is 150 Å². The van der Waals surface area contributed by atoms with E-state index in [2.05, 4.69) is 16.7 Å². The summed E-state index contributed by atoms with van der Waals surface area (Å²) in [6, 6.07) is 0. The summed E-state index contributed by atoms with van der Waals surface area (Å²) in [5.41, 5.74) is 1.43. The van der Waals surface area contributed by atoms with E-state index < -0.39 is 0 Å². The van der Waals surface area contributed by atoms with Crippen LogP contribution in [0.4, 0.5) is 0 Å². The van der Waals surface area contributed by atoms with Crippen LogP contribution in [0.5, 0.6) is 0 Å². The number of nitrogens with zero attached hydrogens (tertiary/aromatic N) is 3. The molecule has 2 fully saturated rings. The Balaban J connectivity index is 1.31. The summed E-state index contributed by atoms with van der Waals surface area (Å²) in [4.78, 5) is 11.9. The Morgan fingerprint density at radius 3 is 2.75 bits per heavy atom. The van der Waals surface area contributed by atoms with Crippen molar-refractivity contribution in [3.63, 3.8) is 0 Å². The van der Waals surface area contributed by atoms with Crippen LogP contribution in [0.15, 0.2) is 0 Å². The molecule has 3 aliphatic rings. The van der Waals surface area contributed by atoms with Crippen molar-refractivity contribution in [2.45, 2.75) is 57.5 Å². The van der Waals surface area contributed by atoms with Gasteiger partial charge in [-0.05, 0) is 52.0 Å². The summed E-state index contributed by atoms with van der Waals surface area (Å²) >= 11 is 2.03. The molecule has 1 aromatic rings. The van der Waals surface area contributed by atoms with Gasteiger partial charge >= 0.3 is 0 Å². The second kappa shape index (κ2) is 7.81. The Morgan fingerprint density at radius 2 is 1.92 bits per heavy atom. The Bertz CT molecular complexity index is 523. The van der Waals surface area contributed by atoms with Gasteiger partial charge in [0, 0.05) is 43.5 Å². The summed E-state index contributed by atoms with van der Waals surface area (Å²) in [6.07, 6.45) is 8.26. The molecule has 1 aromatic heterocycles. The number of morpholine rings is 1. The van der Waals surface area contributed by atoms with Crippen molar-refractivity contribution >= 4 is 11.3 Å². The van der Waals surface area contributed by atoms with Crippen molar-refractivity contribution in [2.24, 2.45) is 0 Å². The number of likely N-dealkylation sites (tertiary alicyclic amines) is 1. The number of piperidine rings is 1. The highest BCUT2D eigenvalue weighted by Crippen LogP contribution is 2.34. The van der Waals surface area contributed by atoms with Crippen LogP contribution in [-0.4, -0.2) is 66.8 Å². The van der Waals surface area contributed by atoms with Crippen molar-refractivity contribution in [3.8, 4) is 0 Å². The molecule has 3 heterocycles. The number of fused-ring (bicyclic) bond motifs is 1. The van der Waals surface area contributed by atoms with E-state index in [1.54, 1.807) is 4.88 Å². The van der Waals surface area contributed by atoms with E-state index in [4.69, 9.17) is 9.72 Å². The number of thiazole rings is 1. The minimum atomic E-state index is 0.398. The minimum absolute atomic E-state index is 0.398. The number of rotatable bonds is 4. The maximum absolute atomic E-state index is 5.65. The second-order valence-electron chi connectivity index (χ2n) is 7.75. The molecule has 2 saturated heterocycles. The lowest BCUT2D eigenvalue weighted by Gasteiger charge is -2.35. The predicted molar refractivity (Wildman–Crippen MR) is 99.0 cm³/mol. The van der Waals surface area contributed by atoms with Gasteiger partial charge in [0.15, 0.2) is 0 Å². The van der Waals surface area contributed by atoms with E-state index in [1.807, 2.05) is 11.3 Å². The quantitative estimate of drug-likeness (QED) is 0.836. The van der Waals surface area contributed by atoms with Crippen LogP contribution in [0, 0.1) is 0 Å². The van der Waals surface area contributed by atoms with Gasteiger partial charge in [0.05, 0.1) is 23.4 Å². The molecule has 5 heteroatoms. The lowest BCUT2D eigenvalue weighted by Crippen LogP contribution is -2.46. The Morgan fingerprint density at radius 1 is 1.08 bits per heavy atom. The molecular weight excluding hydrogens is 318 g/mol. The van der Waals surface area contributed by atoms with Gasteiger partial charge in [-0.15, -0.1) is 11.3 Å². The van der Waals surface area contributed by atoms with Gasteiger partial charge in [0.1, 0.15) is 0 Å². The van der Waals surface area contributed by atoms with E-state index >= 15 is 0 Å². The predicted octanol–water partition coefficient (Wildman–Crippen LogP) is 2.92. The van der Waals surface area contributed by atoms with Gasteiger partial charge in [0.2, 0.25) is 0 Å². The number of ether oxygens (including phenoxy) is 1. The van der Waals surface area contributed by atoms with Crippen LogP contribution in [0.1, 0.15) is 54.1 Å². The highest BCUT2D eigenvalue weighted by Gasteiger charge is 2.26. The van der Waals surface area contributed by atoms with Crippen molar-refractivity contribution in [3.05, 3.63) is 15.6 Å². The largest absolute Gasteiger partial charge is 0.376 e. The average molecular weight is 350 g/mol. The van der Waals surface area contributed by atoms with Gasteiger partial charge in [-0.25, -0.2) is 4.98 Å². The lowest BCUT2D eigenvalue weighted by atomic mass is 9.98. The van der Waals surface area contributed by atoms with Crippen molar-refractivity contribution in [2.75, 3.05) is 45.9 Å². The van der Waals surface area contributed by atoms with E-state index in [1.165, 1.54) is 75.4 Å². The van der Waals surface area contributed by atoms with Crippen LogP contribution < -0.4 is 0 Å². The fourth-order valence-electron chi connectivity index (χ4n) is 4.38. The average Bonchev–Trinajstić information content (AvgIpc) is 3.05. The van der Waals surface area contributed by atoms with E-state index in [9.17, 15) is 0 Å². The topological polar surface area (TPSA) is 28.6 Å². The third kappa shape index (κ3) is 4.01. The summed E-state index contributed by atoms with van der Waals surface area (Å²) in [5.74, 6) is 0.679. The number of aromatic nitrogens is 1. The van der Waals surface area contributed by atoms with E-state index in [0.717, 1.165) is 19.7 Å². The van der Waals surface area contributed by atoms with Gasteiger partial charge in [-0.2, -0.15) is 0 Å². The van der Waals surface area contributed by atoms with Crippen LogP contribution in [-0.2, 0) is 17.6 Å². The fraction of sp³-hybridized carbons (Fsp3) is 0.842. The molecule has 0 amide bonds. The molecular formula is C19H31N3OS. The first kappa shape index (κ1) is 17.0. The summed E-state index contributed by atoms with van der Waals surface area (Å²) in [5, 5.41) is 1.44. The summed E-state index contributed by atoms with van der Waals surface area (Å²) in [7, 11) is 0. The normalized spacial score (nSPS) is 29.5. The minimum Gasteiger partial charge on any atom is -0.376 e. The van der Waals surface area contributed by atoms with Crippen molar-refractivity contribution < 1.29 is 4.74 Å². The van der Waals surface area contributed by atoms with Crippen molar-refractivity contribution in [1.82, 2.24) is 14.8 Å². The molecule has 0 unspecified atom stereocenters. The standard InChI is InChI=1S/C19H31N3OS/c1-15-13-22(11-12-23-15)10-9-21-8-4-5-16(14-21)19-20-17-6-2-3-7-18(17)24-19/h15-16H,2-14H2,1H3/t15-,16+/m1/s1. The highest BCUT2D eigenvalue weighted by molar-refractivity contribution is 7.11. The maximum atomic E-state index is 5.65. The smallest absolute Gasteiger partial charge is 0.0974 e. The second-order valence-corrected chi connectivity index (χ2v) is 8.87. The first-order valence-corrected chi connectivity index (χ1v) is 10.6. The Kier molecular flexibility index (Phi) is 5.52. The van der Waals surface area contributed by atoms with E-state index in [-0.39, 0.29) is 0 Å². The molecule has 0 N–H and O–H groups in total.